The molecule has 4 nitrogen and oxygen atoms in total. The van der Waals surface area contributed by atoms with Gasteiger partial charge in [0.2, 0.25) is 0 Å². The molecule has 0 saturated carbocycles. The molecule has 1 saturated heterocycles. The Labute approximate surface area is 164 Å². The van der Waals surface area contributed by atoms with Gasteiger partial charge in [0.05, 0.1) is 6.26 Å². The van der Waals surface area contributed by atoms with Crippen LogP contribution in [0.4, 0.5) is 4.39 Å². The van der Waals surface area contributed by atoms with Crippen LogP contribution in [0.2, 0.25) is 0 Å². The summed E-state index contributed by atoms with van der Waals surface area (Å²) < 4.78 is 43.6. The fourth-order valence-corrected chi connectivity index (χ4v) is 6.23. The third-order valence-corrected chi connectivity index (χ3v) is 7.25. The van der Waals surface area contributed by atoms with Crippen molar-refractivity contribution in [3.63, 3.8) is 0 Å². The van der Waals surface area contributed by atoms with Gasteiger partial charge in [0.1, 0.15) is 11.4 Å². The zero-order valence-electron chi connectivity index (χ0n) is 15.4. The van der Waals surface area contributed by atoms with Crippen molar-refractivity contribution < 1.29 is 17.0 Å². The van der Waals surface area contributed by atoms with Crippen molar-refractivity contribution in [1.29, 1.82) is 0 Å². The van der Waals surface area contributed by atoms with Crippen LogP contribution >= 0.6 is 11.3 Å². The van der Waals surface area contributed by atoms with E-state index in [4.69, 9.17) is 4.18 Å². The molecule has 0 spiro atoms. The Morgan fingerprint density at radius 2 is 2.22 bits per heavy atom. The van der Waals surface area contributed by atoms with Crippen LogP contribution in [0.25, 0.3) is 0 Å². The summed E-state index contributed by atoms with van der Waals surface area (Å²) in [5.41, 5.74) is 0.748. The maximum Gasteiger partial charge on any atom is 0.265 e. The second-order valence-corrected chi connectivity index (χ2v) is 10.2. The topological polar surface area (TPSA) is 46.6 Å². The Hall–Kier alpha value is -1.28. The molecule has 0 radical (unpaired) electrons. The number of fused-ring (bicyclic) bond motifs is 1. The normalized spacial score (nSPS) is 26.2. The maximum atomic E-state index is 13.7. The zero-order chi connectivity index (χ0) is 19.1. The maximum absolute atomic E-state index is 13.7. The zero-order valence-corrected chi connectivity index (χ0v) is 17.0. The molecule has 0 amide bonds. The Kier molecular flexibility index (Phi) is 5.14. The molecule has 27 heavy (non-hydrogen) atoms. The van der Waals surface area contributed by atoms with Crippen LogP contribution in [0.5, 0.6) is 0 Å². The van der Waals surface area contributed by atoms with E-state index >= 15 is 0 Å². The van der Waals surface area contributed by atoms with Crippen LogP contribution in [-0.2, 0) is 26.3 Å². The van der Waals surface area contributed by atoms with E-state index in [2.05, 4.69) is 22.4 Å². The number of benzene rings is 1. The molecule has 1 aliphatic carbocycles. The quantitative estimate of drug-likeness (QED) is 0.703. The lowest BCUT2D eigenvalue weighted by Gasteiger charge is -2.40. The minimum absolute atomic E-state index is 0.289. The second kappa shape index (κ2) is 7.28. The van der Waals surface area contributed by atoms with Crippen LogP contribution in [-0.4, -0.2) is 39.2 Å². The average Bonchev–Trinajstić information content (AvgIpc) is 3.24. The Morgan fingerprint density at radius 1 is 1.37 bits per heavy atom. The van der Waals surface area contributed by atoms with Crippen molar-refractivity contribution in [1.82, 2.24) is 4.90 Å². The SMILES string of the molecule is CS(=O)(=O)OC1(CN2CCC(c3cccs3)C2)CCCc2cc(F)ccc21. The summed E-state index contributed by atoms with van der Waals surface area (Å²) in [6, 6.07) is 8.88. The van der Waals surface area contributed by atoms with E-state index in [9.17, 15) is 12.8 Å². The summed E-state index contributed by atoms with van der Waals surface area (Å²) in [7, 11) is -3.65. The van der Waals surface area contributed by atoms with E-state index in [0.717, 1.165) is 49.7 Å². The first-order chi connectivity index (χ1) is 12.8. The second-order valence-electron chi connectivity index (χ2n) is 7.67. The van der Waals surface area contributed by atoms with Crippen molar-refractivity contribution in [3.8, 4) is 0 Å². The van der Waals surface area contributed by atoms with Crippen LogP contribution in [0, 0.1) is 5.82 Å². The highest BCUT2D eigenvalue weighted by molar-refractivity contribution is 7.86. The number of likely N-dealkylation sites (tertiary alicyclic amines) is 1. The van der Waals surface area contributed by atoms with Gasteiger partial charge in [-0.1, -0.05) is 12.1 Å². The van der Waals surface area contributed by atoms with E-state index < -0.39 is 15.7 Å². The summed E-state index contributed by atoms with van der Waals surface area (Å²) in [6.07, 6.45) is 4.32. The van der Waals surface area contributed by atoms with Gasteiger partial charge in [-0.3, -0.25) is 9.08 Å². The minimum Gasteiger partial charge on any atom is -0.299 e. The van der Waals surface area contributed by atoms with Crippen LogP contribution in [0.1, 0.15) is 41.2 Å². The van der Waals surface area contributed by atoms with Gasteiger partial charge in [-0.2, -0.15) is 8.42 Å². The fourth-order valence-electron chi connectivity index (χ4n) is 4.57. The molecule has 2 unspecified atom stereocenters. The van der Waals surface area contributed by atoms with E-state index in [-0.39, 0.29) is 5.82 Å². The highest BCUT2D eigenvalue weighted by Crippen LogP contribution is 2.42. The molecule has 4 rings (SSSR count). The summed E-state index contributed by atoms with van der Waals surface area (Å²) in [5, 5.41) is 2.10. The predicted molar refractivity (Wildman–Crippen MR) is 105 cm³/mol. The van der Waals surface area contributed by atoms with Gasteiger partial charge >= 0.3 is 0 Å². The first-order valence-electron chi connectivity index (χ1n) is 9.30. The highest BCUT2D eigenvalue weighted by atomic mass is 32.2. The summed E-state index contributed by atoms with van der Waals surface area (Å²) >= 11 is 1.77. The van der Waals surface area contributed by atoms with Crippen molar-refractivity contribution in [2.45, 2.75) is 37.2 Å². The molecular weight excluding hydrogens is 385 g/mol. The molecule has 146 valence electrons. The molecule has 2 atom stereocenters. The molecule has 2 heterocycles. The average molecular weight is 410 g/mol. The largest absolute Gasteiger partial charge is 0.299 e. The van der Waals surface area contributed by atoms with Crippen molar-refractivity contribution >= 4 is 21.5 Å². The first kappa shape index (κ1) is 19.1. The molecule has 1 aromatic heterocycles. The van der Waals surface area contributed by atoms with Crippen LogP contribution in [0.15, 0.2) is 35.7 Å². The number of aryl methyl sites for hydroxylation is 1. The molecule has 1 aromatic carbocycles. The third-order valence-electron chi connectivity index (χ3n) is 5.59. The Bertz CT molecular complexity index is 913. The number of nitrogens with zero attached hydrogens (tertiary/aromatic N) is 1. The van der Waals surface area contributed by atoms with Gasteiger partial charge in [-0.25, -0.2) is 4.39 Å². The molecule has 1 aliphatic heterocycles. The van der Waals surface area contributed by atoms with Gasteiger partial charge in [-0.05, 0) is 66.9 Å². The molecular formula is C20H24FNO3S2. The van der Waals surface area contributed by atoms with Gasteiger partial charge in [0.15, 0.2) is 0 Å². The molecule has 0 bridgehead atoms. The first-order valence-corrected chi connectivity index (χ1v) is 12.0. The lowest BCUT2D eigenvalue weighted by atomic mass is 9.78. The smallest absolute Gasteiger partial charge is 0.265 e. The summed E-state index contributed by atoms with van der Waals surface area (Å²) in [6.45, 7) is 2.32. The van der Waals surface area contributed by atoms with E-state index in [0.29, 0.717) is 18.9 Å². The van der Waals surface area contributed by atoms with E-state index in [1.54, 1.807) is 17.4 Å². The number of halogens is 1. The van der Waals surface area contributed by atoms with Crippen molar-refractivity contribution in [2.24, 2.45) is 0 Å². The lowest BCUT2D eigenvalue weighted by molar-refractivity contribution is 0.0215. The standard InChI is InChI=1S/C20H24FNO3S2/c1-27(23,24)25-20(9-2-4-15-12-17(21)6-7-18(15)20)14-22-10-8-16(13-22)19-5-3-11-26-19/h3,5-7,11-12,16H,2,4,8-10,13-14H2,1H3. The molecule has 1 fully saturated rings. The number of thiophene rings is 1. The number of hydrogen-bond acceptors (Lipinski definition) is 5. The van der Waals surface area contributed by atoms with Crippen LogP contribution in [0.3, 0.4) is 0 Å². The van der Waals surface area contributed by atoms with Crippen molar-refractivity contribution in [2.75, 3.05) is 25.9 Å². The third kappa shape index (κ3) is 4.11. The predicted octanol–water partition coefficient (Wildman–Crippen LogP) is 3.88. The van der Waals surface area contributed by atoms with Gasteiger partial charge in [-0.15, -0.1) is 11.3 Å². The monoisotopic (exact) mass is 409 g/mol. The summed E-state index contributed by atoms with van der Waals surface area (Å²) in [4.78, 5) is 3.68. The van der Waals surface area contributed by atoms with E-state index in [1.807, 2.05) is 0 Å². The lowest BCUT2D eigenvalue weighted by Crippen LogP contribution is -2.45. The van der Waals surface area contributed by atoms with Gasteiger partial charge in [0, 0.05) is 23.9 Å². The number of hydrogen-bond donors (Lipinski definition) is 0. The van der Waals surface area contributed by atoms with Crippen LogP contribution < -0.4 is 0 Å². The van der Waals surface area contributed by atoms with E-state index in [1.165, 1.54) is 17.0 Å². The van der Waals surface area contributed by atoms with Gasteiger partial charge < -0.3 is 0 Å². The molecule has 2 aromatic rings. The van der Waals surface area contributed by atoms with Crippen molar-refractivity contribution in [3.05, 3.63) is 57.5 Å². The molecule has 0 N–H and O–H groups in total. The number of rotatable bonds is 5. The Balaban J connectivity index is 1.63. The molecule has 7 heteroatoms. The fraction of sp³-hybridized carbons (Fsp3) is 0.500. The Morgan fingerprint density at radius 3 is 2.96 bits per heavy atom. The summed E-state index contributed by atoms with van der Waals surface area (Å²) in [5.74, 6) is 0.194. The minimum atomic E-state index is -3.65. The highest BCUT2D eigenvalue weighted by Gasteiger charge is 2.43. The molecule has 2 aliphatic rings. The van der Waals surface area contributed by atoms with Gasteiger partial charge in [0.25, 0.3) is 10.1 Å².